The highest BCUT2D eigenvalue weighted by molar-refractivity contribution is 6.30. The summed E-state index contributed by atoms with van der Waals surface area (Å²) in [4.78, 5) is 26.2. The van der Waals surface area contributed by atoms with Crippen LogP contribution in [-0.2, 0) is 21.4 Å². The van der Waals surface area contributed by atoms with Crippen LogP contribution in [0.15, 0.2) is 48.5 Å². The monoisotopic (exact) mass is 368 g/mol. The van der Waals surface area contributed by atoms with Crippen molar-refractivity contribution >= 4 is 29.6 Å². The van der Waals surface area contributed by atoms with E-state index in [1.165, 1.54) is 0 Å². The van der Waals surface area contributed by atoms with Crippen LogP contribution in [0.2, 0.25) is 5.02 Å². The molecule has 2 aromatic carbocycles. The van der Waals surface area contributed by atoms with E-state index in [9.17, 15) is 9.59 Å². The lowest BCUT2D eigenvalue weighted by Crippen LogP contribution is -2.48. The van der Waals surface area contributed by atoms with Crippen LogP contribution >= 0.6 is 11.6 Å². The van der Waals surface area contributed by atoms with E-state index in [4.69, 9.17) is 11.6 Å². The van der Waals surface area contributed by atoms with Gasteiger partial charge in [-0.05, 0) is 54.5 Å². The highest BCUT2D eigenvalue weighted by Crippen LogP contribution is 2.48. The Labute approximate surface area is 158 Å². The van der Waals surface area contributed by atoms with Crippen LogP contribution in [0.3, 0.4) is 0 Å². The molecule has 26 heavy (non-hydrogen) atoms. The molecule has 5 heteroatoms. The quantitative estimate of drug-likeness (QED) is 0.837. The minimum atomic E-state index is -0.615. The van der Waals surface area contributed by atoms with Gasteiger partial charge in [0.25, 0.3) is 0 Å². The fourth-order valence-electron chi connectivity index (χ4n) is 4.53. The number of fused-ring (bicyclic) bond motifs is 1. The molecule has 1 unspecified atom stereocenters. The van der Waals surface area contributed by atoms with Gasteiger partial charge in [-0.2, -0.15) is 0 Å². The lowest BCUT2D eigenvalue weighted by molar-refractivity contribution is -0.124. The zero-order valence-corrected chi connectivity index (χ0v) is 15.2. The molecular weight excluding hydrogens is 348 g/mol. The van der Waals surface area contributed by atoms with E-state index < -0.39 is 5.41 Å². The zero-order chi connectivity index (χ0) is 18.1. The topological polar surface area (TPSA) is 49.4 Å². The molecule has 0 aromatic heterocycles. The Kier molecular flexibility index (Phi) is 4.45. The number of nitrogens with zero attached hydrogens (tertiary/aromatic N) is 1. The van der Waals surface area contributed by atoms with E-state index in [-0.39, 0.29) is 11.8 Å². The molecule has 1 fully saturated rings. The van der Waals surface area contributed by atoms with Crippen LogP contribution < -0.4 is 5.32 Å². The molecule has 0 radical (unpaired) electrons. The molecule has 4 nitrogen and oxygen atoms in total. The second-order valence-electron chi connectivity index (χ2n) is 7.19. The van der Waals surface area contributed by atoms with Crippen LogP contribution in [0, 0.1) is 5.92 Å². The zero-order valence-electron chi connectivity index (χ0n) is 14.5. The first-order valence-electron chi connectivity index (χ1n) is 8.98. The fraction of sp³-hybridized carbons (Fsp3) is 0.333. The van der Waals surface area contributed by atoms with Crippen molar-refractivity contribution in [1.29, 1.82) is 0 Å². The van der Waals surface area contributed by atoms with Gasteiger partial charge in [0.2, 0.25) is 12.3 Å². The molecule has 4 rings (SSSR count). The highest BCUT2D eigenvalue weighted by Gasteiger charge is 2.52. The van der Waals surface area contributed by atoms with Crippen LogP contribution in [-0.4, -0.2) is 30.3 Å². The first-order chi connectivity index (χ1) is 12.6. The molecule has 2 aliphatic heterocycles. The van der Waals surface area contributed by atoms with Gasteiger partial charge >= 0.3 is 0 Å². The van der Waals surface area contributed by atoms with E-state index in [1.807, 2.05) is 42.5 Å². The maximum absolute atomic E-state index is 13.3. The molecule has 2 aliphatic rings. The Balaban J connectivity index is 1.77. The van der Waals surface area contributed by atoms with Crippen molar-refractivity contribution in [2.75, 3.05) is 18.4 Å². The Morgan fingerprint density at radius 1 is 1.15 bits per heavy atom. The number of hydrogen-bond acceptors (Lipinski definition) is 2. The molecule has 1 N–H and O–H groups in total. The van der Waals surface area contributed by atoms with Crippen molar-refractivity contribution in [3.63, 3.8) is 0 Å². The molecule has 0 bridgehead atoms. The van der Waals surface area contributed by atoms with Gasteiger partial charge in [-0.3, -0.25) is 9.59 Å². The molecule has 0 saturated carbocycles. The summed E-state index contributed by atoms with van der Waals surface area (Å²) in [6.45, 7) is 1.39. The third-order valence-corrected chi connectivity index (χ3v) is 6.04. The van der Waals surface area contributed by atoms with E-state index in [2.05, 4.69) is 11.4 Å². The predicted octanol–water partition coefficient (Wildman–Crippen LogP) is 3.64. The molecule has 0 aliphatic carbocycles. The van der Waals surface area contributed by atoms with Crippen LogP contribution in [0.1, 0.15) is 24.0 Å². The lowest BCUT2D eigenvalue weighted by atomic mass is 9.64. The van der Waals surface area contributed by atoms with Gasteiger partial charge in [0.1, 0.15) is 0 Å². The van der Waals surface area contributed by atoms with Gasteiger partial charge in [0.05, 0.1) is 5.41 Å². The second-order valence-corrected chi connectivity index (χ2v) is 7.63. The summed E-state index contributed by atoms with van der Waals surface area (Å²) >= 11 is 6.19. The summed E-state index contributed by atoms with van der Waals surface area (Å²) < 4.78 is 0. The van der Waals surface area contributed by atoms with E-state index in [0.29, 0.717) is 24.5 Å². The minimum absolute atomic E-state index is 0.0585. The number of hydrogen-bond donors (Lipinski definition) is 1. The standard InChI is InChI=1S/C21H21ClN2O2/c22-17-5-3-4-15(12-17)13-21(16-8-10-24(14-25)11-9-16)18-6-1-2-7-19(18)23-20(21)26/h1-7,12,14,16H,8-11,13H2,(H,23,26). The number of para-hydroxylation sites is 1. The van der Waals surface area contributed by atoms with Gasteiger partial charge in [-0.25, -0.2) is 0 Å². The van der Waals surface area contributed by atoms with Crippen molar-refractivity contribution in [2.24, 2.45) is 5.92 Å². The lowest BCUT2D eigenvalue weighted by Gasteiger charge is -2.41. The van der Waals surface area contributed by atoms with E-state index in [0.717, 1.165) is 36.1 Å². The number of amides is 2. The van der Waals surface area contributed by atoms with E-state index in [1.54, 1.807) is 4.90 Å². The molecule has 1 atom stereocenters. The molecular formula is C21H21ClN2O2. The van der Waals surface area contributed by atoms with Crippen molar-refractivity contribution in [3.05, 3.63) is 64.7 Å². The van der Waals surface area contributed by atoms with E-state index >= 15 is 0 Å². The molecule has 0 spiro atoms. The van der Waals surface area contributed by atoms with Crippen LogP contribution in [0.25, 0.3) is 0 Å². The van der Waals surface area contributed by atoms with Crippen molar-refractivity contribution in [2.45, 2.75) is 24.7 Å². The van der Waals surface area contributed by atoms with Crippen molar-refractivity contribution in [3.8, 4) is 0 Å². The Morgan fingerprint density at radius 2 is 1.92 bits per heavy atom. The number of piperidine rings is 1. The fourth-order valence-corrected chi connectivity index (χ4v) is 4.74. The third kappa shape index (κ3) is 2.78. The average Bonchev–Trinajstić information content (AvgIpc) is 2.94. The maximum atomic E-state index is 13.3. The van der Waals surface area contributed by atoms with Gasteiger partial charge < -0.3 is 10.2 Å². The van der Waals surface area contributed by atoms with Crippen LogP contribution in [0.4, 0.5) is 5.69 Å². The summed E-state index contributed by atoms with van der Waals surface area (Å²) in [7, 11) is 0. The van der Waals surface area contributed by atoms with Crippen LogP contribution in [0.5, 0.6) is 0 Å². The predicted molar refractivity (Wildman–Crippen MR) is 102 cm³/mol. The van der Waals surface area contributed by atoms with Crippen molar-refractivity contribution in [1.82, 2.24) is 4.90 Å². The molecule has 2 aromatic rings. The summed E-state index contributed by atoms with van der Waals surface area (Å²) in [5.74, 6) is 0.240. The number of likely N-dealkylation sites (tertiary alicyclic amines) is 1. The Bertz CT molecular complexity index is 845. The molecule has 2 amide bonds. The average molecular weight is 369 g/mol. The third-order valence-electron chi connectivity index (χ3n) is 5.81. The number of carbonyl (C=O) groups is 2. The second kappa shape index (κ2) is 6.76. The molecule has 134 valence electrons. The highest BCUT2D eigenvalue weighted by atomic mass is 35.5. The number of nitrogens with one attached hydrogen (secondary N) is 1. The summed E-state index contributed by atoms with van der Waals surface area (Å²) in [5, 5.41) is 3.77. The number of anilines is 1. The van der Waals surface area contributed by atoms with Gasteiger partial charge in [-0.1, -0.05) is 41.9 Å². The van der Waals surface area contributed by atoms with Gasteiger partial charge in [-0.15, -0.1) is 0 Å². The Morgan fingerprint density at radius 3 is 2.65 bits per heavy atom. The Hall–Kier alpha value is -2.33. The first-order valence-corrected chi connectivity index (χ1v) is 9.36. The number of halogens is 1. The summed E-state index contributed by atoms with van der Waals surface area (Å²) in [6.07, 6.45) is 3.16. The van der Waals surface area contributed by atoms with Gasteiger partial charge in [0, 0.05) is 23.8 Å². The number of carbonyl (C=O) groups excluding carboxylic acids is 2. The molecule has 1 saturated heterocycles. The minimum Gasteiger partial charge on any atom is -0.345 e. The number of rotatable bonds is 4. The maximum Gasteiger partial charge on any atom is 0.235 e. The largest absolute Gasteiger partial charge is 0.345 e. The number of benzene rings is 2. The normalized spacial score (nSPS) is 22.8. The van der Waals surface area contributed by atoms with Gasteiger partial charge in [0.15, 0.2) is 0 Å². The molecule has 2 heterocycles. The SMILES string of the molecule is O=CN1CCC(C2(Cc3cccc(Cl)c3)C(=O)Nc3ccccc32)CC1. The summed E-state index contributed by atoms with van der Waals surface area (Å²) in [6, 6.07) is 15.7. The summed E-state index contributed by atoms with van der Waals surface area (Å²) in [5.41, 5.74) is 2.41. The first kappa shape index (κ1) is 17.1. The smallest absolute Gasteiger partial charge is 0.235 e. The van der Waals surface area contributed by atoms with Crippen molar-refractivity contribution < 1.29 is 9.59 Å².